The number of nitrogens with zero attached hydrogens (tertiary/aromatic N) is 5. The molecular weight excluding hydrogens is 340 g/mol. The van der Waals surface area contributed by atoms with Gasteiger partial charge in [-0.3, -0.25) is 0 Å². The highest BCUT2D eigenvalue weighted by atomic mass is 19.4. The summed E-state index contributed by atoms with van der Waals surface area (Å²) in [5.41, 5.74) is -0.899. The van der Waals surface area contributed by atoms with Gasteiger partial charge in [-0.15, -0.1) is 5.10 Å². The third-order valence-corrected chi connectivity index (χ3v) is 2.98. The minimum absolute atomic E-state index is 0.0390. The molecule has 0 amide bonds. The van der Waals surface area contributed by atoms with Crippen LogP contribution in [0.1, 0.15) is 18.2 Å². The Morgan fingerprint density at radius 1 is 1.40 bits per heavy atom. The molecule has 0 bridgehead atoms. The van der Waals surface area contributed by atoms with E-state index in [4.69, 9.17) is 0 Å². The molecule has 0 atom stereocenters. The number of guanidine groups is 1. The lowest BCUT2D eigenvalue weighted by atomic mass is 10.2. The van der Waals surface area contributed by atoms with Crippen molar-refractivity contribution < 1.29 is 17.6 Å². The predicted molar refractivity (Wildman–Crippen MR) is 85.0 cm³/mol. The molecule has 0 radical (unpaired) electrons. The lowest BCUT2D eigenvalue weighted by molar-refractivity contribution is -0.140. The summed E-state index contributed by atoms with van der Waals surface area (Å²) in [5.74, 6) is -1.09. The summed E-state index contributed by atoms with van der Waals surface area (Å²) in [6.45, 7) is 5.33. The molecular formula is C15H14F4N6. The number of hydrogen-bond acceptors (Lipinski definition) is 3. The fraction of sp³-hybridized carbons (Fsp3) is 0.200. The SMILES string of the molecule is C=N/C(=N\C=C/C)NCc1cn(-c2ccc(F)c(C(F)(F)F)c2)nn1. The van der Waals surface area contributed by atoms with E-state index in [1.54, 1.807) is 13.0 Å². The predicted octanol–water partition coefficient (Wildman–Crippen LogP) is 3.11. The molecule has 0 spiro atoms. The Kier molecular flexibility index (Phi) is 5.63. The Bertz CT molecular complexity index is 807. The number of allylic oxidation sites excluding steroid dienone is 1. The molecule has 6 nitrogen and oxygen atoms in total. The average molecular weight is 354 g/mol. The lowest BCUT2D eigenvalue weighted by Gasteiger charge is -2.09. The maximum Gasteiger partial charge on any atom is 0.419 e. The highest BCUT2D eigenvalue weighted by molar-refractivity contribution is 5.84. The molecule has 2 aromatic rings. The summed E-state index contributed by atoms with van der Waals surface area (Å²) < 4.78 is 52.8. The summed E-state index contributed by atoms with van der Waals surface area (Å²) in [5, 5.41) is 10.4. The van der Waals surface area contributed by atoms with Gasteiger partial charge in [-0.25, -0.2) is 19.1 Å². The first kappa shape index (κ1) is 18.3. The van der Waals surface area contributed by atoms with Gasteiger partial charge in [-0.2, -0.15) is 13.2 Å². The smallest absolute Gasteiger partial charge is 0.348 e. The average Bonchev–Trinajstić information content (AvgIpc) is 3.03. The van der Waals surface area contributed by atoms with Crippen LogP contribution in [0.15, 0.2) is 46.7 Å². The van der Waals surface area contributed by atoms with Crippen molar-refractivity contribution in [3.8, 4) is 5.69 Å². The van der Waals surface area contributed by atoms with Crippen LogP contribution >= 0.6 is 0 Å². The first-order chi connectivity index (χ1) is 11.8. The maximum absolute atomic E-state index is 13.3. The zero-order valence-electron chi connectivity index (χ0n) is 13.1. The van der Waals surface area contributed by atoms with Crippen molar-refractivity contribution in [2.75, 3.05) is 0 Å². The number of nitrogens with one attached hydrogen (secondary N) is 1. The van der Waals surface area contributed by atoms with E-state index in [1.165, 1.54) is 18.5 Å². The van der Waals surface area contributed by atoms with Gasteiger partial charge in [0.1, 0.15) is 11.5 Å². The van der Waals surface area contributed by atoms with Gasteiger partial charge in [-0.05, 0) is 31.8 Å². The highest BCUT2D eigenvalue weighted by Crippen LogP contribution is 2.32. The second-order valence-electron chi connectivity index (χ2n) is 4.76. The van der Waals surface area contributed by atoms with Crippen LogP contribution in [0.5, 0.6) is 0 Å². The molecule has 25 heavy (non-hydrogen) atoms. The van der Waals surface area contributed by atoms with Crippen molar-refractivity contribution in [3.63, 3.8) is 0 Å². The van der Waals surface area contributed by atoms with Crippen molar-refractivity contribution >= 4 is 12.7 Å². The first-order valence-electron chi connectivity index (χ1n) is 7.03. The van der Waals surface area contributed by atoms with Gasteiger partial charge in [0.25, 0.3) is 0 Å². The van der Waals surface area contributed by atoms with E-state index in [2.05, 4.69) is 32.3 Å². The van der Waals surface area contributed by atoms with Crippen LogP contribution < -0.4 is 5.32 Å². The van der Waals surface area contributed by atoms with Crippen LogP contribution in [-0.2, 0) is 12.7 Å². The Morgan fingerprint density at radius 3 is 2.80 bits per heavy atom. The number of halogens is 4. The summed E-state index contributed by atoms with van der Waals surface area (Å²) in [7, 11) is 0. The fourth-order valence-electron chi connectivity index (χ4n) is 1.84. The molecule has 0 aliphatic heterocycles. The van der Waals surface area contributed by atoms with E-state index in [9.17, 15) is 17.6 Å². The standard InChI is InChI=1S/C15H14F4N6/c1-3-6-21-14(20-2)22-8-10-9-25(24-23-10)11-4-5-13(16)12(7-11)15(17,18)19/h3-7,9H,2,8H2,1H3,(H,21,22)/b6-3-. The molecule has 1 heterocycles. The third-order valence-electron chi connectivity index (χ3n) is 2.98. The number of aliphatic imine (C=N–C) groups is 2. The van der Waals surface area contributed by atoms with Crippen LogP contribution in [0, 0.1) is 5.82 Å². The Labute approximate surface area is 140 Å². The quantitative estimate of drug-likeness (QED) is 0.521. The molecule has 132 valence electrons. The molecule has 0 aliphatic rings. The van der Waals surface area contributed by atoms with Crippen LogP contribution in [0.2, 0.25) is 0 Å². The van der Waals surface area contributed by atoms with Crippen molar-refractivity contribution in [2.24, 2.45) is 9.98 Å². The van der Waals surface area contributed by atoms with Gasteiger partial charge in [0.2, 0.25) is 5.96 Å². The van der Waals surface area contributed by atoms with Gasteiger partial charge < -0.3 is 5.32 Å². The van der Waals surface area contributed by atoms with Crippen molar-refractivity contribution in [3.05, 3.63) is 53.7 Å². The molecule has 0 aliphatic carbocycles. The zero-order chi connectivity index (χ0) is 18.4. The number of benzene rings is 1. The second-order valence-corrected chi connectivity index (χ2v) is 4.76. The van der Waals surface area contributed by atoms with Crippen molar-refractivity contribution in [1.82, 2.24) is 20.3 Å². The van der Waals surface area contributed by atoms with Crippen molar-refractivity contribution in [1.29, 1.82) is 0 Å². The van der Waals surface area contributed by atoms with Crippen LogP contribution in [0.3, 0.4) is 0 Å². The third kappa shape index (κ3) is 4.72. The normalized spacial score (nSPS) is 12.6. The molecule has 10 heteroatoms. The summed E-state index contributed by atoms with van der Waals surface area (Å²) in [6.07, 6.45) is -0.156. The van der Waals surface area contributed by atoms with Crippen LogP contribution in [0.4, 0.5) is 17.6 Å². The highest BCUT2D eigenvalue weighted by Gasteiger charge is 2.34. The zero-order valence-corrected chi connectivity index (χ0v) is 13.1. The van der Waals surface area contributed by atoms with Gasteiger partial charge >= 0.3 is 6.18 Å². The van der Waals surface area contributed by atoms with E-state index < -0.39 is 17.6 Å². The Morgan fingerprint density at radius 2 is 2.16 bits per heavy atom. The number of hydrogen-bond donors (Lipinski definition) is 1. The monoisotopic (exact) mass is 354 g/mol. The molecule has 2 rings (SSSR count). The van der Waals surface area contributed by atoms with E-state index in [1.807, 2.05) is 0 Å². The van der Waals surface area contributed by atoms with Gasteiger partial charge in [0.05, 0.1) is 24.0 Å². The van der Waals surface area contributed by atoms with E-state index in [-0.39, 0.29) is 18.2 Å². The Hall–Kier alpha value is -3.04. The first-order valence-corrected chi connectivity index (χ1v) is 7.03. The molecule has 1 aromatic carbocycles. The molecule has 0 unspecified atom stereocenters. The lowest BCUT2D eigenvalue weighted by Crippen LogP contribution is -2.20. The number of alkyl halides is 3. The van der Waals surface area contributed by atoms with E-state index >= 15 is 0 Å². The van der Waals surface area contributed by atoms with Crippen molar-refractivity contribution in [2.45, 2.75) is 19.6 Å². The molecule has 0 saturated carbocycles. The second kappa shape index (κ2) is 7.69. The minimum Gasteiger partial charge on any atom is -0.348 e. The number of aromatic nitrogens is 3. The summed E-state index contributed by atoms with van der Waals surface area (Å²) >= 11 is 0. The largest absolute Gasteiger partial charge is 0.419 e. The topological polar surface area (TPSA) is 67.5 Å². The maximum atomic E-state index is 13.3. The van der Waals surface area contributed by atoms with Crippen LogP contribution in [0.25, 0.3) is 5.69 Å². The van der Waals surface area contributed by atoms with E-state index in [0.717, 1.165) is 10.7 Å². The Balaban J connectivity index is 2.18. The summed E-state index contributed by atoms with van der Waals surface area (Å²) in [4.78, 5) is 7.63. The van der Waals surface area contributed by atoms with Crippen LogP contribution in [-0.4, -0.2) is 27.7 Å². The fourth-order valence-corrected chi connectivity index (χ4v) is 1.84. The number of rotatable bonds is 4. The summed E-state index contributed by atoms with van der Waals surface area (Å²) in [6, 6.07) is 2.59. The van der Waals surface area contributed by atoms with E-state index in [0.29, 0.717) is 11.8 Å². The minimum atomic E-state index is -4.79. The molecule has 0 saturated heterocycles. The van der Waals surface area contributed by atoms with Gasteiger partial charge in [0, 0.05) is 6.20 Å². The molecule has 0 fully saturated rings. The van der Waals surface area contributed by atoms with Gasteiger partial charge in [0.15, 0.2) is 0 Å². The van der Waals surface area contributed by atoms with Gasteiger partial charge in [-0.1, -0.05) is 11.3 Å². The molecule has 1 N–H and O–H groups in total. The molecule has 1 aromatic heterocycles.